The van der Waals surface area contributed by atoms with E-state index < -0.39 is 6.10 Å². The van der Waals surface area contributed by atoms with E-state index in [2.05, 4.69) is 9.36 Å². The Morgan fingerprint density at radius 2 is 2.43 bits per heavy atom. The Balaban J connectivity index is 2.23. The van der Waals surface area contributed by atoms with Crippen LogP contribution in [0.4, 0.5) is 0 Å². The van der Waals surface area contributed by atoms with Gasteiger partial charge in [0.25, 0.3) is 0 Å². The lowest BCUT2D eigenvalue weighted by Crippen LogP contribution is -1.95. The number of hydrogen-bond donors (Lipinski definition) is 1. The minimum absolute atomic E-state index is 0.528. The fourth-order valence-corrected chi connectivity index (χ4v) is 2.39. The van der Waals surface area contributed by atoms with Crippen molar-refractivity contribution in [2.45, 2.75) is 6.10 Å². The van der Waals surface area contributed by atoms with E-state index in [0.717, 1.165) is 4.88 Å². The van der Waals surface area contributed by atoms with E-state index in [1.807, 2.05) is 5.38 Å². The van der Waals surface area contributed by atoms with E-state index in [1.165, 1.54) is 22.9 Å². The van der Waals surface area contributed by atoms with Crippen LogP contribution in [0.5, 0.6) is 5.88 Å². The normalized spacial score (nSPS) is 12.7. The average molecular weight is 228 g/mol. The third kappa shape index (κ3) is 1.77. The lowest BCUT2D eigenvalue weighted by atomic mass is 10.3. The quantitative estimate of drug-likeness (QED) is 0.868. The van der Waals surface area contributed by atoms with Crippen LogP contribution in [0.2, 0.25) is 0 Å². The SMILES string of the molecule is COc1cc(C(O)c2nccs2)sn1. The Bertz CT molecular complexity index is 399. The van der Waals surface area contributed by atoms with E-state index in [1.54, 1.807) is 19.4 Å². The monoisotopic (exact) mass is 228 g/mol. The topological polar surface area (TPSA) is 55.2 Å². The van der Waals surface area contributed by atoms with Crippen molar-refractivity contribution in [1.29, 1.82) is 0 Å². The first-order valence-electron chi connectivity index (χ1n) is 3.89. The standard InChI is InChI=1S/C8H8N2O2S2/c1-12-6-4-5(14-10-6)7(11)8-9-2-3-13-8/h2-4,7,11H,1H3. The molecule has 74 valence electrons. The zero-order chi connectivity index (χ0) is 9.97. The highest BCUT2D eigenvalue weighted by Gasteiger charge is 2.16. The van der Waals surface area contributed by atoms with Crippen molar-refractivity contribution in [2.75, 3.05) is 7.11 Å². The summed E-state index contributed by atoms with van der Waals surface area (Å²) in [5, 5.41) is 12.4. The number of rotatable bonds is 3. The number of aliphatic hydroxyl groups is 1. The van der Waals surface area contributed by atoms with Gasteiger partial charge in [-0.25, -0.2) is 4.98 Å². The van der Waals surface area contributed by atoms with E-state index in [9.17, 15) is 5.11 Å². The van der Waals surface area contributed by atoms with Crippen molar-refractivity contribution in [3.8, 4) is 5.88 Å². The molecule has 0 fully saturated rings. The van der Waals surface area contributed by atoms with Crippen molar-refractivity contribution < 1.29 is 9.84 Å². The molecule has 0 radical (unpaired) electrons. The number of methoxy groups -OCH3 is 1. The zero-order valence-corrected chi connectivity index (χ0v) is 9.01. The molecule has 0 aliphatic heterocycles. The molecule has 2 aromatic heterocycles. The van der Waals surface area contributed by atoms with Crippen LogP contribution in [0, 0.1) is 0 Å². The molecule has 0 aliphatic rings. The number of ether oxygens (including phenoxy) is 1. The summed E-state index contributed by atoms with van der Waals surface area (Å²) in [6.07, 6.45) is 0.984. The summed E-state index contributed by atoms with van der Waals surface area (Å²) in [7, 11) is 1.55. The Kier molecular flexibility index (Phi) is 2.76. The molecule has 4 nitrogen and oxygen atoms in total. The van der Waals surface area contributed by atoms with Gasteiger partial charge in [-0.2, -0.15) is 4.37 Å². The van der Waals surface area contributed by atoms with Crippen LogP contribution in [-0.2, 0) is 0 Å². The molecule has 0 aliphatic carbocycles. The summed E-state index contributed by atoms with van der Waals surface area (Å²) in [6.45, 7) is 0. The van der Waals surface area contributed by atoms with Gasteiger partial charge in [0.2, 0.25) is 5.88 Å². The summed E-state index contributed by atoms with van der Waals surface area (Å²) >= 11 is 2.64. The van der Waals surface area contributed by atoms with Gasteiger partial charge in [-0.05, 0) is 11.5 Å². The van der Waals surface area contributed by atoms with Crippen LogP contribution in [-0.4, -0.2) is 21.6 Å². The first-order valence-corrected chi connectivity index (χ1v) is 5.54. The molecule has 0 saturated heterocycles. The van der Waals surface area contributed by atoms with Gasteiger partial charge < -0.3 is 9.84 Å². The smallest absolute Gasteiger partial charge is 0.225 e. The molecule has 0 saturated carbocycles. The molecular weight excluding hydrogens is 220 g/mol. The second kappa shape index (κ2) is 4.04. The summed E-state index contributed by atoms with van der Waals surface area (Å²) in [6, 6.07) is 1.72. The lowest BCUT2D eigenvalue weighted by molar-refractivity contribution is 0.223. The highest BCUT2D eigenvalue weighted by molar-refractivity contribution is 7.10. The van der Waals surface area contributed by atoms with Crippen molar-refractivity contribution in [3.63, 3.8) is 0 Å². The van der Waals surface area contributed by atoms with Crippen LogP contribution in [0.25, 0.3) is 0 Å². The molecule has 2 rings (SSSR count). The minimum Gasteiger partial charge on any atom is -0.480 e. The van der Waals surface area contributed by atoms with Crippen LogP contribution < -0.4 is 4.74 Å². The second-order valence-corrected chi connectivity index (χ2v) is 4.31. The number of thiazole rings is 1. The molecule has 1 atom stereocenters. The summed E-state index contributed by atoms with van der Waals surface area (Å²) in [5.41, 5.74) is 0. The highest BCUT2D eigenvalue weighted by Crippen LogP contribution is 2.29. The average Bonchev–Trinajstić information content (AvgIpc) is 2.88. The summed E-state index contributed by atoms with van der Waals surface area (Å²) < 4.78 is 8.94. The van der Waals surface area contributed by atoms with Gasteiger partial charge in [0.05, 0.1) is 12.0 Å². The van der Waals surface area contributed by atoms with Crippen LogP contribution >= 0.6 is 22.9 Å². The molecule has 0 spiro atoms. The van der Waals surface area contributed by atoms with Crippen LogP contribution in [0.3, 0.4) is 0 Å². The molecule has 1 unspecified atom stereocenters. The number of aromatic nitrogens is 2. The first-order chi connectivity index (χ1) is 6.81. The Hall–Kier alpha value is -0.980. The highest BCUT2D eigenvalue weighted by atomic mass is 32.1. The fraction of sp³-hybridized carbons (Fsp3) is 0.250. The van der Waals surface area contributed by atoms with Gasteiger partial charge in [0, 0.05) is 17.6 Å². The molecule has 0 aromatic carbocycles. The predicted molar refractivity (Wildman–Crippen MR) is 54.8 cm³/mol. The number of nitrogens with zero attached hydrogens (tertiary/aromatic N) is 2. The molecular formula is C8H8N2O2S2. The van der Waals surface area contributed by atoms with Gasteiger partial charge in [-0.3, -0.25) is 0 Å². The Morgan fingerprint density at radius 1 is 1.57 bits per heavy atom. The molecule has 0 bridgehead atoms. The van der Waals surface area contributed by atoms with Gasteiger partial charge in [0.1, 0.15) is 11.1 Å². The molecule has 2 aromatic rings. The second-order valence-electron chi connectivity index (χ2n) is 2.54. The largest absolute Gasteiger partial charge is 0.480 e. The van der Waals surface area contributed by atoms with Gasteiger partial charge in [-0.1, -0.05) is 0 Å². The van der Waals surface area contributed by atoms with Crippen molar-refractivity contribution in [1.82, 2.24) is 9.36 Å². The van der Waals surface area contributed by atoms with E-state index in [0.29, 0.717) is 10.9 Å². The fourth-order valence-electron chi connectivity index (χ4n) is 0.988. The Labute approximate surface area is 89.0 Å². The Morgan fingerprint density at radius 3 is 3.00 bits per heavy atom. The third-order valence-corrected chi connectivity index (χ3v) is 3.32. The van der Waals surface area contributed by atoms with Gasteiger partial charge >= 0.3 is 0 Å². The predicted octanol–water partition coefficient (Wildman–Crippen LogP) is 1.69. The number of aliphatic hydroxyl groups excluding tert-OH is 1. The van der Waals surface area contributed by atoms with Gasteiger partial charge in [-0.15, -0.1) is 11.3 Å². The molecule has 1 N–H and O–H groups in total. The maximum absolute atomic E-state index is 9.85. The molecule has 14 heavy (non-hydrogen) atoms. The molecule has 0 amide bonds. The first kappa shape index (κ1) is 9.57. The minimum atomic E-state index is -0.684. The van der Waals surface area contributed by atoms with E-state index >= 15 is 0 Å². The van der Waals surface area contributed by atoms with Gasteiger partial charge in [0.15, 0.2) is 0 Å². The third-order valence-electron chi connectivity index (χ3n) is 1.67. The lowest BCUT2D eigenvalue weighted by Gasteiger charge is -2.01. The van der Waals surface area contributed by atoms with Crippen LogP contribution in [0.1, 0.15) is 16.0 Å². The summed E-state index contributed by atoms with van der Waals surface area (Å²) in [4.78, 5) is 4.78. The zero-order valence-electron chi connectivity index (χ0n) is 7.38. The molecule has 2 heterocycles. The van der Waals surface area contributed by atoms with Crippen molar-refractivity contribution >= 4 is 22.9 Å². The van der Waals surface area contributed by atoms with E-state index in [4.69, 9.17) is 4.74 Å². The maximum Gasteiger partial charge on any atom is 0.225 e. The maximum atomic E-state index is 9.85. The van der Waals surface area contributed by atoms with Crippen LogP contribution in [0.15, 0.2) is 17.6 Å². The molecule has 6 heteroatoms. The van der Waals surface area contributed by atoms with E-state index in [-0.39, 0.29) is 0 Å². The summed E-state index contributed by atoms with van der Waals surface area (Å²) in [5.74, 6) is 0.528. The van der Waals surface area contributed by atoms with Crippen molar-refractivity contribution in [3.05, 3.63) is 27.5 Å². The van der Waals surface area contributed by atoms with Crippen molar-refractivity contribution in [2.24, 2.45) is 0 Å². The number of hydrogen-bond acceptors (Lipinski definition) is 6.